The van der Waals surface area contributed by atoms with Gasteiger partial charge in [-0.3, -0.25) is 14.5 Å². The van der Waals surface area contributed by atoms with Crippen molar-refractivity contribution in [2.24, 2.45) is 0 Å². The largest absolute Gasteiger partial charge is 0.490 e. The minimum absolute atomic E-state index is 0.234. The smallest absolute Gasteiger partial charge is 0.325 e. The van der Waals surface area contributed by atoms with Gasteiger partial charge in [0.05, 0.1) is 13.2 Å². The summed E-state index contributed by atoms with van der Waals surface area (Å²) in [6.45, 7) is 5.64. The molecule has 1 aliphatic rings. The van der Waals surface area contributed by atoms with Crippen LogP contribution < -0.4 is 20.1 Å². The number of imide groups is 1. The van der Waals surface area contributed by atoms with Crippen molar-refractivity contribution < 1.29 is 23.9 Å². The topological polar surface area (TPSA) is 97.0 Å². The molecular weight excluding hydrogens is 457 g/mol. The van der Waals surface area contributed by atoms with Crippen LogP contribution in [0, 0.1) is 0 Å². The van der Waals surface area contributed by atoms with E-state index in [0.29, 0.717) is 41.0 Å². The molecule has 0 saturated carbocycles. The number of carbonyl (C=O) groups excluding carboxylic acids is 3. The molecule has 3 rings (SSSR count). The zero-order valence-electron chi connectivity index (χ0n) is 17.8. The summed E-state index contributed by atoms with van der Waals surface area (Å²) in [6.07, 6.45) is 0. The van der Waals surface area contributed by atoms with Gasteiger partial charge in [-0.25, -0.2) is 4.79 Å². The van der Waals surface area contributed by atoms with Gasteiger partial charge < -0.3 is 20.1 Å². The number of ether oxygens (including phenoxy) is 2. The number of nitrogens with one attached hydrogen (secondary N) is 2. The minimum Gasteiger partial charge on any atom is -0.490 e. The van der Waals surface area contributed by atoms with Crippen LogP contribution in [0.4, 0.5) is 10.5 Å². The van der Waals surface area contributed by atoms with E-state index in [1.54, 1.807) is 30.3 Å². The summed E-state index contributed by atoms with van der Waals surface area (Å²) in [7, 11) is 0. The summed E-state index contributed by atoms with van der Waals surface area (Å²) >= 11 is 12.2. The molecule has 0 aromatic heterocycles. The Hall–Kier alpha value is -2.97. The van der Waals surface area contributed by atoms with E-state index in [-0.39, 0.29) is 5.02 Å². The van der Waals surface area contributed by atoms with Crippen LogP contribution in [0.15, 0.2) is 36.4 Å². The van der Waals surface area contributed by atoms with Gasteiger partial charge in [0.25, 0.3) is 5.91 Å². The quantitative estimate of drug-likeness (QED) is 0.553. The van der Waals surface area contributed by atoms with Gasteiger partial charge in [-0.2, -0.15) is 0 Å². The van der Waals surface area contributed by atoms with E-state index in [2.05, 4.69) is 10.6 Å². The van der Waals surface area contributed by atoms with E-state index < -0.39 is 29.9 Å². The fourth-order valence-electron chi connectivity index (χ4n) is 3.39. The number of nitrogens with zero attached hydrogens (tertiary/aromatic N) is 1. The Bertz CT molecular complexity index is 1060. The highest BCUT2D eigenvalue weighted by Crippen LogP contribution is 2.35. The van der Waals surface area contributed by atoms with Crippen LogP contribution >= 0.6 is 23.2 Å². The Morgan fingerprint density at radius 2 is 1.75 bits per heavy atom. The zero-order valence-corrected chi connectivity index (χ0v) is 19.3. The normalized spacial score (nSPS) is 17.8. The Labute approximate surface area is 195 Å². The second kappa shape index (κ2) is 9.67. The first kappa shape index (κ1) is 23.7. The summed E-state index contributed by atoms with van der Waals surface area (Å²) in [5.41, 5.74) is -0.588. The van der Waals surface area contributed by atoms with Crippen molar-refractivity contribution in [3.8, 4) is 11.5 Å². The lowest BCUT2D eigenvalue weighted by Crippen LogP contribution is -2.42. The van der Waals surface area contributed by atoms with Crippen molar-refractivity contribution in [1.29, 1.82) is 0 Å². The number of halogens is 2. The molecule has 32 heavy (non-hydrogen) atoms. The molecular formula is C22H23Cl2N3O5. The SMILES string of the molecule is CCOc1ccc(NC(=O)CN2C(=O)NC(C)(c3ccc(Cl)cc3Cl)C2=O)cc1OCC. The van der Waals surface area contributed by atoms with Crippen molar-refractivity contribution in [2.75, 3.05) is 25.1 Å². The first-order valence-electron chi connectivity index (χ1n) is 9.98. The molecule has 1 atom stereocenters. The molecule has 2 N–H and O–H groups in total. The standard InChI is InChI=1S/C22H23Cl2N3O5/c1-4-31-17-9-7-14(11-18(17)32-5-2)25-19(28)12-27-20(29)22(3,26-21(27)30)15-8-6-13(23)10-16(15)24/h6-11H,4-5,12H2,1-3H3,(H,25,28)(H,26,30). The fourth-order valence-corrected chi connectivity index (χ4v) is 3.99. The average molecular weight is 480 g/mol. The fraction of sp³-hybridized carbons (Fsp3) is 0.318. The maximum Gasteiger partial charge on any atom is 0.325 e. The third-order valence-electron chi connectivity index (χ3n) is 4.87. The second-order valence-electron chi connectivity index (χ2n) is 7.15. The summed E-state index contributed by atoms with van der Waals surface area (Å²) in [4.78, 5) is 39.0. The number of hydrogen-bond acceptors (Lipinski definition) is 5. The first-order chi connectivity index (χ1) is 15.2. The molecule has 170 valence electrons. The molecule has 1 fully saturated rings. The van der Waals surface area contributed by atoms with Gasteiger partial charge >= 0.3 is 6.03 Å². The van der Waals surface area contributed by atoms with E-state index in [4.69, 9.17) is 32.7 Å². The lowest BCUT2D eigenvalue weighted by Gasteiger charge is -2.23. The van der Waals surface area contributed by atoms with Crippen molar-refractivity contribution in [1.82, 2.24) is 10.2 Å². The molecule has 2 aromatic rings. The molecule has 4 amide bonds. The predicted molar refractivity (Wildman–Crippen MR) is 121 cm³/mol. The van der Waals surface area contributed by atoms with Gasteiger partial charge in [0, 0.05) is 27.4 Å². The van der Waals surface area contributed by atoms with Gasteiger partial charge in [0.1, 0.15) is 12.1 Å². The molecule has 1 unspecified atom stereocenters. The van der Waals surface area contributed by atoms with Gasteiger partial charge in [-0.1, -0.05) is 29.3 Å². The number of benzene rings is 2. The Balaban J connectivity index is 1.75. The lowest BCUT2D eigenvalue weighted by atomic mass is 9.92. The minimum atomic E-state index is -1.42. The summed E-state index contributed by atoms with van der Waals surface area (Å²) in [6, 6.07) is 8.88. The number of rotatable bonds is 8. The Morgan fingerprint density at radius 3 is 2.41 bits per heavy atom. The van der Waals surface area contributed by atoms with Crippen molar-refractivity contribution >= 4 is 46.7 Å². The maximum absolute atomic E-state index is 13.1. The van der Waals surface area contributed by atoms with Gasteiger partial charge in [0.2, 0.25) is 5.91 Å². The molecule has 1 saturated heterocycles. The molecule has 0 bridgehead atoms. The van der Waals surface area contributed by atoms with E-state index >= 15 is 0 Å². The highest BCUT2D eigenvalue weighted by Gasteiger charge is 2.50. The van der Waals surface area contributed by atoms with Crippen LogP contribution in [0.25, 0.3) is 0 Å². The van der Waals surface area contributed by atoms with Crippen molar-refractivity contribution in [3.05, 3.63) is 52.0 Å². The van der Waals surface area contributed by atoms with Crippen LogP contribution in [-0.2, 0) is 15.1 Å². The van der Waals surface area contributed by atoms with Gasteiger partial charge in [0.15, 0.2) is 11.5 Å². The number of carbonyl (C=O) groups is 3. The second-order valence-corrected chi connectivity index (χ2v) is 7.99. The van der Waals surface area contributed by atoms with Crippen LogP contribution in [0.2, 0.25) is 10.0 Å². The van der Waals surface area contributed by atoms with Gasteiger partial charge in [-0.15, -0.1) is 0 Å². The number of urea groups is 1. The molecule has 0 aliphatic carbocycles. The third-order valence-corrected chi connectivity index (χ3v) is 5.42. The maximum atomic E-state index is 13.1. The molecule has 10 heteroatoms. The number of anilines is 1. The van der Waals surface area contributed by atoms with Crippen molar-refractivity contribution in [2.45, 2.75) is 26.3 Å². The first-order valence-corrected chi connectivity index (χ1v) is 10.7. The zero-order chi connectivity index (χ0) is 23.5. The summed E-state index contributed by atoms with van der Waals surface area (Å²) in [5.74, 6) is -0.112. The Kier molecular flexibility index (Phi) is 7.16. The van der Waals surface area contributed by atoms with E-state index in [0.717, 1.165) is 4.90 Å². The summed E-state index contributed by atoms with van der Waals surface area (Å²) in [5, 5.41) is 5.92. The molecule has 0 radical (unpaired) electrons. The molecule has 2 aromatic carbocycles. The molecule has 1 aliphatic heterocycles. The third kappa shape index (κ3) is 4.76. The summed E-state index contributed by atoms with van der Waals surface area (Å²) < 4.78 is 11.1. The van der Waals surface area contributed by atoms with Crippen LogP contribution in [0.1, 0.15) is 26.3 Å². The highest BCUT2D eigenvalue weighted by atomic mass is 35.5. The molecule has 8 nitrogen and oxygen atoms in total. The van der Waals surface area contributed by atoms with E-state index in [1.165, 1.54) is 13.0 Å². The predicted octanol–water partition coefficient (Wildman–Crippen LogP) is 4.20. The molecule has 1 heterocycles. The van der Waals surface area contributed by atoms with Crippen LogP contribution in [0.5, 0.6) is 11.5 Å². The van der Waals surface area contributed by atoms with Crippen LogP contribution in [0.3, 0.4) is 0 Å². The van der Waals surface area contributed by atoms with Crippen LogP contribution in [-0.4, -0.2) is 42.5 Å². The molecule has 0 spiro atoms. The number of amides is 4. The van der Waals surface area contributed by atoms with Crippen molar-refractivity contribution in [3.63, 3.8) is 0 Å². The van der Waals surface area contributed by atoms with E-state index in [1.807, 2.05) is 13.8 Å². The number of hydrogen-bond donors (Lipinski definition) is 2. The lowest BCUT2D eigenvalue weighted by molar-refractivity contribution is -0.133. The highest BCUT2D eigenvalue weighted by molar-refractivity contribution is 6.35. The average Bonchev–Trinajstić information content (AvgIpc) is 2.94. The monoisotopic (exact) mass is 479 g/mol. The van der Waals surface area contributed by atoms with Gasteiger partial charge in [-0.05, 0) is 45.0 Å². The van der Waals surface area contributed by atoms with E-state index in [9.17, 15) is 14.4 Å². The Morgan fingerprint density at radius 1 is 1.06 bits per heavy atom.